The van der Waals surface area contributed by atoms with Crippen molar-refractivity contribution in [1.82, 2.24) is 14.8 Å². The third kappa shape index (κ3) is 4.11. The van der Waals surface area contributed by atoms with Crippen molar-refractivity contribution in [2.45, 2.75) is 76.5 Å². The van der Waals surface area contributed by atoms with Crippen LogP contribution < -0.4 is 10.1 Å². The van der Waals surface area contributed by atoms with Gasteiger partial charge in [0.2, 0.25) is 5.91 Å². The maximum Gasteiger partial charge on any atom is 0.271 e. The molecule has 1 aliphatic carbocycles. The average Bonchev–Trinajstić information content (AvgIpc) is 3.41. The molecule has 180 valence electrons. The van der Waals surface area contributed by atoms with Crippen molar-refractivity contribution in [2.75, 3.05) is 7.11 Å². The van der Waals surface area contributed by atoms with Crippen molar-refractivity contribution in [2.24, 2.45) is 0 Å². The lowest BCUT2D eigenvalue weighted by Gasteiger charge is -2.45. The molecule has 1 saturated carbocycles. The first-order chi connectivity index (χ1) is 16.5. The quantitative estimate of drug-likeness (QED) is 0.536. The van der Waals surface area contributed by atoms with Crippen LogP contribution in [0.4, 0.5) is 0 Å². The molecule has 2 aromatic heterocycles. The highest BCUT2D eigenvalue weighted by molar-refractivity contribution is 7.17. The molecule has 34 heavy (non-hydrogen) atoms. The third-order valence-corrected chi connectivity index (χ3v) is 8.35. The number of aromatic nitrogens is 1. The summed E-state index contributed by atoms with van der Waals surface area (Å²) in [5, 5.41) is 5.39. The van der Waals surface area contributed by atoms with Crippen molar-refractivity contribution < 1.29 is 14.3 Å². The van der Waals surface area contributed by atoms with Gasteiger partial charge in [0.25, 0.3) is 5.91 Å². The maximum atomic E-state index is 13.9. The summed E-state index contributed by atoms with van der Waals surface area (Å²) in [6.07, 6.45) is 8.03. The summed E-state index contributed by atoms with van der Waals surface area (Å²) in [5.41, 5.74) is 1.55. The minimum Gasteiger partial charge on any atom is -0.496 e. The number of nitrogens with zero attached hydrogens (tertiary/aromatic N) is 2. The summed E-state index contributed by atoms with van der Waals surface area (Å²) in [6.45, 7) is 2.66. The van der Waals surface area contributed by atoms with Gasteiger partial charge in [0.05, 0.1) is 30.4 Å². The molecule has 1 fully saturated rings. The number of amides is 2. The summed E-state index contributed by atoms with van der Waals surface area (Å²) in [5.74, 6) is 0.542. The topological polar surface area (TPSA) is 63.6 Å². The first kappa shape index (κ1) is 23.0. The fraction of sp³-hybridized carbons (Fsp3) is 0.481. The molecule has 1 atom stereocenters. The Morgan fingerprint density at radius 1 is 1.15 bits per heavy atom. The fourth-order valence-corrected chi connectivity index (χ4v) is 6.29. The van der Waals surface area contributed by atoms with Gasteiger partial charge in [0.15, 0.2) is 0 Å². The second-order valence-electron chi connectivity index (χ2n) is 9.78. The number of hydrogen-bond donors (Lipinski definition) is 1. The molecule has 2 aliphatic rings. The van der Waals surface area contributed by atoms with E-state index >= 15 is 0 Å². The van der Waals surface area contributed by atoms with Gasteiger partial charge in [0, 0.05) is 11.6 Å². The second kappa shape index (κ2) is 9.45. The minimum absolute atomic E-state index is 0.0657. The van der Waals surface area contributed by atoms with Gasteiger partial charge in [-0.1, -0.05) is 50.3 Å². The number of ether oxygens (including phenoxy) is 1. The van der Waals surface area contributed by atoms with Gasteiger partial charge in [-0.15, -0.1) is 11.3 Å². The zero-order valence-corrected chi connectivity index (χ0v) is 20.8. The molecule has 1 N–H and O–H groups in total. The zero-order chi connectivity index (χ0) is 23.7. The number of carbonyl (C=O) groups excluding carboxylic acids is 2. The zero-order valence-electron chi connectivity index (χ0n) is 20.0. The van der Waals surface area contributed by atoms with Crippen LogP contribution in [-0.2, 0) is 17.9 Å². The van der Waals surface area contributed by atoms with E-state index < -0.39 is 5.54 Å². The van der Waals surface area contributed by atoms with E-state index in [4.69, 9.17) is 4.74 Å². The van der Waals surface area contributed by atoms with E-state index in [0.717, 1.165) is 47.2 Å². The lowest BCUT2D eigenvalue weighted by Crippen LogP contribution is -2.64. The van der Waals surface area contributed by atoms with Crippen LogP contribution in [0.25, 0.3) is 10.2 Å². The summed E-state index contributed by atoms with van der Waals surface area (Å²) >= 11 is 1.62. The Morgan fingerprint density at radius 3 is 2.65 bits per heavy atom. The lowest BCUT2D eigenvalue weighted by molar-refractivity contribution is -0.134. The number of nitrogens with one attached hydrogen (secondary N) is 1. The molecule has 0 radical (unpaired) electrons. The van der Waals surface area contributed by atoms with Gasteiger partial charge in [-0.05, 0) is 43.3 Å². The Balaban J connectivity index is 1.51. The van der Waals surface area contributed by atoms with E-state index in [9.17, 15) is 9.59 Å². The molecule has 3 aromatic rings. The molecular formula is C27H33N3O3S. The molecule has 6 nitrogen and oxygen atoms in total. The molecule has 7 heteroatoms. The molecular weight excluding hydrogens is 446 g/mol. The van der Waals surface area contributed by atoms with Crippen molar-refractivity contribution in [3.05, 3.63) is 53.0 Å². The van der Waals surface area contributed by atoms with Crippen LogP contribution in [0.2, 0.25) is 0 Å². The molecule has 0 bridgehead atoms. The van der Waals surface area contributed by atoms with Crippen LogP contribution in [0.3, 0.4) is 0 Å². The Bertz CT molecular complexity index is 1190. The first-order valence-corrected chi connectivity index (χ1v) is 13.2. The average molecular weight is 480 g/mol. The van der Waals surface area contributed by atoms with Crippen molar-refractivity contribution in [1.29, 1.82) is 0 Å². The van der Waals surface area contributed by atoms with Gasteiger partial charge < -0.3 is 19.5 Å². The molecule has 0 unspecified atom stereocenters. The van der Waals surface area contributed by atoms with Crippen LogP contribution >= 0.6 is 11.3 Å². The smallest absolute Gasteiger partial charge is 0.271 e. The Hall–Kier alpha value is -2.80. The standard InChI is InChI=1S/C27H33N3O3S/c1-27(26(32)28-20-11-6-4-3-5-7-12-20)18-29-21-14-15-34-24(21)16-22(29)25(31)30(27)17-19-10-8-9-13-23(19)33-2/h8-10,13-16,20H,3-7,11-12,17-18H2,1-2H3,(H,28,32)/t27-/m1/s1. The van der Waals surface area contributed by atoms with Crippen molar-refractivity contribution in [3.8, 4) is 5.75 Å². The highest BCUT2D eigenvalue weighted by Gasteiger charge is 2.48. The van der Waals surface area contributed by atoms with Gasteiger partial charge >= 0.3 is 0 Å². The van der Waals surface area contributed by atoms with E-state index in [1.54, 1.807) is 23.3 Å². The Morgan fingerprint density at radius 2 is 1.88 bits per heavy atom. The first-order valence-electron chi connectivity index (χ1n) is 12.3. The molecule has 0 spiro atoms. The predicted molar refractivity (Wildman–Crippen MR) is 135 cm³/mol. The Labute approximate surface area is 204 Å². The lowest BCUT2D eigenvalue weighted by atomic mass is 9.91. The van der Waals surface area contributed by atoms with Crippen LogP contribution in [-0.4, -0.2) is 40.0 Å². The molecule has 3 heterocycles. The van der Waals surface area contributed by atoms with Gasteiger partial charge in [0.1, 0.15) is 17.0 Å². The maximum absolute atomic E-state index is 13.9. The van der Waals surface area contributed by atoms with Gasteiger partial charge in [-0.25, -0.2) is 0 Å². The summed E-state index contributed by atoms with van der Waals surface area (Å²) < 4.78 is 8.67. The summed E-state index contributed by atoms with van der Waals surface area (Å²) in [6, 6.07) is 11.9. The van der Waals surface area contributed by atoms with Crippen LogP contribution in [0, 0.1) is 0 Å². The number of benzene rings is 1. The van der Waals surface area contributed by atoms with E-state index in [0.29, 0.717) is 18.8 Å². The SMILES string of the molecule is COc1ccccc1CN1C(=O)c2cc3sccc3n2C[C@]1(C)C(=O)NC1CCCCCCC1. The van der Waals surface area contributed by atoms with Gasteiger partial charge in [-0.3, -0.25) is 9.59 Å². The number of carbonyl (C=O) groups is 2. The van der Waals surface area contributed by atoms with E-state index in [-0.39, 0.29) is 17.9 Å². The number of rotatable bonds is 5. The second-order valence-corrected chi connectivity index (χ2v) is 10.7. The number of fused-ring (bicyclic) bond motifs is 3. The van der Waals surface area contributed by atoms with E-state index in [1.165, 1.54) is 19.3 Å². The minimum atomic E-state index is -1.01. The molecule has 1 aromatic carbocycles. The predicted octanol–water partition coefficient (Wildman–Crippen LogP) is 5.36. The van der Waals surface area contributed by atoms with Crippen LogP contribution in [0.15, 0.2) is 41.8 Å². The largest absolute Gasteiger partial charge is 0.496 e. The summed E-state index contributed by atoms with van der Waals surface area (Å²) in [7, 11) is 1.64. The van der Waals surface area contributed by atoms with E-state index in [1.807, 2.05) is 53.3 Å². The monoisotopic (exact) mass is 479 g/mol. The third-order valence-electron chi connectivity index (χ3n) is 7.50. The Kier molecular flexibility index (Phi) is 6.38. The van der Waals surface area contributed by atoms with Crippen LogP contribution in [0.1, 0.15) is 67.9 Å². The highest BCUT2D eigenvalue weighted by Crippen LogP contribution is 2.36. The van der Waals surface area contributed by atoms with E-state index in [2.05, 4.69) is 5.32 Å². The molecule has 1 aliphatic heterocycles. The number of para-hydroxylation sites is 1. The number of methoxy groups -OCH3 is 1. The van der Waals surface area contributed by atoms with Gasteiger partial charge in [-0.2, -0.15) is 0 Å². The molecule has 0 saturated heterocycles. The summed E-state index contributed by atoms with van der Waals surface area (Å²) in [4.78, 5) is 29.6. The molecule has 5 rings (SSSR count). The van der Waals surface area contributed by atoms with Crippen molar-refractivity contribution in [3.63, 3.8) is 0 Å². The number of hydrogen-bond acceptors (Lipinski definition) is 4. The molecule has 2 amide bonds. The number of thiophene rings is 1. The fourth-order valence-electron chi connectivity index (χ4n) is 5.47. The van der Waals surface area contributed by atoms with Crippen molar-refractivity contribution >= 4 is 33.4 Å². The normalized spacial score (nSPS) is 21.7. The van der Waals surface area contributed by atoms with Crippen LogP contribution in [0.5, 0.6) is 5.75 Å². The highest BCUT2D eigenvalue weighted by atomic mass is 32.1.